The fourth-order valence-corrected chi connectivity index (χ4v) is 2.25. The summed E-state index contributed by atoms with van der Waals surface area (Å²) < 4.78 is 13.6. The molecule has 76 valence electrons. The topological polar surface area (TPSA) is 0 Å². The van der Waals surface area contributed by atoms with Gasteiger partial charge in [0.1, 0.15) is 5.67 Å². The van der Waals surface area contributed by atoms with Gasteiger partial charge in [0, 0.05) is 0 Å². The van der Waals surface area contributed by atoms with E-state index in [0.717, 1.165) is 12.8 Å². The lowest BCUT2D eigenvalue weighted by molar-refractivity contribution is 0.0533. The van der Waals surface area contributed by atoms with Crippen LogP contribution in [0, 0.1) is 11.3 Å². The minimum Gasteiger partial charge on any atom is -0.244 e. The molecule has 0 radical (unpaired) electrons. The number of alkyl halides is 1. The van der Waals surface area contributed by atoms with Gasteiger partial charge in [0.25, 0.3) is 0 Å². The van der Waals surface area contributed by atoms with Gasteiger partial charge in [-0.2, -0.15) is 0 Å². The van der Waals surface area contributed by atoms with Crippen molar-refractivity contribution in [3.8, 4) is 0 Å². The second kappa shape index (κ2) is 3.43. The van der Waals surface area contributed by atoms with Crippen LogP contribution in [0.15, 0.2) is 12.7 Å². The van der Waals surface area contributed by atoms with Crippen LogP contribution in [0.5, 0.6) is 0 Å². The van der Waals surface area contributed by atoms with Gasteiger partial charge in [-0.3, -0.25) is 0 Å². The first-order valence-corrected chi connectivity index (χ1v) is 5.24. The molecule has 0 aromatic carbocycles. The Morgan fingerprint density at radius 1 is 1.23 bits per heavy atom. The van der Waals surface area contributed by atoms with E-state index in [1.54, 1.807) is 6.92 Å². The number of hydrogen-bond donors (Lipinski definition) is 0. The van der Waals surface area contributed by atoms with Crippen LogP contribution in [0.25, 0.3) is 0 Å². The van der Waals surface area contributed by atoms with Gasteiger partial charge in [0.2, 0.25) is 0 Å². The Morgan fingerprint density at radius 2 is 1.69 bits per heavy atom. The molecular formula is C12H21F. The van der Waals surface area contributed by atoms with E-state index in [1.165, 1.54) is 0 Å². The van der Waals surface area contributed by atoms with E-state index in [9.17, 15) is 4.39 Å². The summed E-state index contributed by atoms with van der Waals surface area (Å²) in [5, 5.41) is 0. The van der Waals surface area contributed by atoms with Crippen molar-refractivity contribution in [1.29, 1.82) is 0 Å². The molecule has 0 heterocycles. The van der Waals surface area contributed by atoms with Crippen LogP contribution < -0.4 is 0 Å². The lowest BCUT2D eigenvalue weighted by atomic mass is 9.64. The predicted molar refractivity (Wildman–Crippen MR) is 55.4 cm³/mol. The molecule has 0 N–H and O–H groups in total. The van der Waals surface area contributed by atoms with Crippen LogP contribution in [-0.2, 0) is 0 Å². The Balaban J connectivity index is 2.69. The van der Waals surface area contributed by atoms with Crippen molar-refractivity contribution in [2.24, 2.45) is 11.3 Å². The lowest BCUT2D eigenvalue weighted by Crippen LogP contribution is -2.36. The van der Waals surface area contributed by atoms with Crippen molar-refractivity contribution in [2.45, 2.75) is 52.1 Å². The van der Waals surface area contributed by atoms with Crippen LogP contribution >= 0.6 is 0 Å². The quantitative estimate of drug-likeness (QED) is 0.566. The highest BCUT2D eigenvalue weighted by Crippen LogP contribution is 2.47. The predicted octanol–water partition coefficient (Wildman–Crippen LogP) is 4.12. The molecule has 0 aromatic heterocycles. The summed E-state index contributed by atoms with van der Waals surface area (Å²) in [6, 6.07) is 0. The van der Waals surface area contributed by atoms with Crippen molar-refractivity contribution in [3.63, 3.8) is 0 Å². The third kappa shape index (κ3) is 2.12. The molecule has 1 heteroatoms. The van der Waals surface area contributed by atoms with E-state index in [1.807, 2.05) is 6.08 Å². The van der Waals surface area contributed by atoms with Crippen LogP contribution in [0.1, 0.15) is 46.5 Å². The zero-order valence-electron chi connectivity index (χ0n) is 9.07. The van der Waals surface area contributed by atoms with Crippen LogP contribution in [0.2, 0.25) is 0 Å². The summed E-state index contributed by atoms with van der Waals surface area (Å²) in [6.45, 7) is 10.0. The summed E-state index contributed by atoms with van der Waals surface area (Å²) in [7, 11) is 0. The Kier molecular flexibility index (Phi) is 2.84. The highest BCUT2D eigenvalue weighted by Gasteiger charge is 2.40. The summed E-state index contributed by atoms with van der Waals surface area (Å²) >= 11 is 0. The van der Waals surface area contributed by atoms with E-state index >= 15 is 0 Å². The van der Waals surface area contributed by atoms with Crippen LogP contribution in [0.3, 0.4) is 0 Å². The maximum absolute atomic E-state index is 13.6. The smallest absolute Gasteiger partial charge is 0.108 e. The van der Waals surface area contributed by atoms with E-state index < -0.39 is 5.67 Å². The van der Waals surface area contributed by atoms with Crippen molar-refractivity contribution >= 4 is 0 Å². The Hall–Kier alpha value is -0.330. The summed E-state index contributed by atoms with van der Waals surface area (Å²) in [5.74, 6) is 0.584. The maximum atomic E-state index is 13.6. The molecule has 0 bridgehead atoms. The third-order valence-corrected chi connectivity index (χ3v) is 3.78. The maximum Gasteiger partial charge on any atom is 0.108 e. The molecule has 0 atom stereocenters. The summed E-state index contributed by atoms with van der Waals surface area (Å²) in [5.41, 5.74) is -0.729. The van der Waals surface area contributed by atoms with Gasteiger partial charge in [0.05, 0.1) is 0 Å². The molecular weight excluding hydrogens is 163 g/mol. The average molecular weight is 184 g/mol. The fourth-order valence-electron chi connectivity index (χ4n) is 2.25. The first-order chi connectivity index (χ1) is 5.92. The van der Waals surface area contributed by atoms with Gasteiger partial charge in [-0.25, -0.2) is 4.39 Å². The van der Waals surface area contributed by atoms with Crippen molar-refractivity contribution in [1.82, 2.24) is 0 Å². The van der Waals surface area contributed by atoms with Gasteiger partial charge in [-0.05, 0) is 43.9 Å². The van der Waals surface area contributed by atoms with E-state index in [-0.39, 0.29) is 5.41 Å². The minimum atomic E-state index is -0.929. The molecule has 0 aliphatic heterocycles. The Labute approximate surface area is 81.2 Å². The highest BCUT2D eigenvalue weighted by atomic mass is 19.1. The molecule has 1 aliphatic carbocycles. The van der Waals surface area contributed by atoms with Gasteiger partial charge in [-0.1, -0.05) is 19.9 Å². The molecule has 0 spiro atoms. The molecule has 1 rings (SSSR count). The monoisotopic (exact) mass is 184 g/mol. The molecule has 13 heavy (non-hydrogen) atoms. The molecule has 0 amide bonds. The van der Waals surface area contributed by atoms with E-state index in [0.29, 0.717) is 18.8 Å². The lowest BCUT2D eigenvalue weighted by Gasteiger charge is -2.42. The number of halogens is 1. The number of allylic oxidation sites excluding steroid dienone is 1. The molecule has 1 saturated carbocycles. The fraction of sp³-hybridized carbons (Fsp3) is 0.833. The molecule has 0 unspecified atom stereocenters. The second-order valence-electron chi connectivity index (χ2n) is 5.01. The number of hydrogen-bond acceptors (Lipinski definition) is 0. The van der Waals surface area contributed by atoms with Crippen LogP contribution in [0.4, 0.5) is 4.39 Å². The van der Waals surface area contributed by atoms with E-state index in [2.05, 4.69) is 20.4 Å². The largest absolute Gasteiger partial charge is 0.244 e. The van der Waals surface area contributed by atoms with Gasteiger partial charge in [-0.15, -0.1) is 6.58 Å². The zero-order valence-corrected chi connectivity index (χ0v) is 9.07. The van der Waals surface area contributed by atoms with E-state index in [4.69, 9.17) is 0 Å². The number of rotatable bonds is 2. The van der Waals surface area contributed by atoms with Crippen molar-refractivity contribution in [2.75, 3.05) is 0 Å². The third-order valence-electron chi connectivity index (χ3n) is 3.78. The molecule has 0 nitrogen and oxygen atoms in total. The highest BCUT2D eigenvalue weighted by molar-refractivity contribution is 5.02. The minimum absolute atomic E-state index is 0.200. The van der Waals surface area contributed by atoms with Gasteiger partial charge in [0.15, 0.2) is 0 Å². The zero-order chi connectivity index (χ0) is 10.1. The van der Waals surface area contributed by atoms with Crippen molar-refractivity contribution in [3.05, 3.63) is 12.7 Å². The summed E-state index contributed by atoms with van der Waals surface area (Å²) in [4.78, 5) is 0. The normalized spacial score (nSPS) is 40.7. The first kappa shape index (κ1) is 10.7. The standard InChI is InChI=1S/C12H21F/c1-5-12(10(2)3)8-6-11(4,13)7-9-12/h5,10H,1,6-9H2,2-4H3. The molecule has 0 saturated heterocycles. The SMILES string of the molecule is C=CC1(C(C)C)CCC(C)(F)CC1. The Morgan fingerprint density at radius 3 is 2.00 bits per heavy atom. The molecule has 1 aliphatic rings. The van der Waals surface area contributed by atoms with Crippen molar-refractivity contribution < 1.29 is 4.39 Å². The first-order valence-electron chi connectivity index (χ1n) is 5.24. The summed E-state index contributed by atoms with van der Waals surface area (Å²) in [6.07, 6.45) is 5.35. The average Bonchev–Trinajstić information content (AvgIpc) is 2.05. The van der Waals surface area contributed by atoms with Gasteiger partial charge < -0.3 is 0 Å². The second-order valence-corrected chi connectivity index (χ2v) is 5.01. The molecule has 0 aromatic rings. The van der Waals surface area contributed by atoms with Gasteiger partial charge >= 0.3 is 0 Å². The Bertz CT molecular complexity index is 181. The molecule has 1 fully saturated rings. The van der Waals surface area contributed by atoms with Crippen LogP contribution in [-0.4, -0.2) is 5.67 Å².